The molecule has 0 saturated carbocycles. The van der Waals surface area contributed by atoms with Gasteiger partial charge in [0.15, 0.2) is 0 Å². The molecule has 0 bridgehead atoms. The van der Waals surface area contributed by atoms with Crippen LogP contribution in [0.2, 0.25) is 0 Å². The standard InChI is InChI=1S/C106H71BN4O2/c1-106(2,3)72-62-97-101-98(63-72)111(103-86(69-36-14-7-15-37-69)59-71(67-32-10-5-11-33-67)61-88(103)84-47-29-45-82-80-43-21-27-53-100(80)113-105(82)84)96-65-74(109-93-50-24-18-40-77(93)78-41-19-25-51-94(78)109)55-57-90(96)107(101)89-56-54-73(108-91-48-22-16-38-75(91)76-39-17-23-49-92(76)108)64-95(89)110(97)102-85(68-34-12-6-13-35-68)58-70(66-30-8-4-9-31-66)60-87(102)83-46-28-44-81-79-42-20-26-52-99(79)112-104(81)83/h4-65H,1-3H3/i16D,17D,18D,19D,22D,23D,24D,25D,38D,39D,40D,41D,48D,49D,50D,51D. The lowest BCUT2D eigenvalue weighted by molar-refractivity contribution is 0.590. The Bertz CT molecular complexity index is 7880. The Labute approximate surface area is 676 Å². The van der Waals surface area contributed by atoms with Crippen LogP contribution in [-0.4, -0.2) is 15.8 Å². The molecule has 23 rings (SSSR count). The molecule has 7 heteroatoms. The lowest BCUT2D eigenvalue weighted by Gasteiger charge is -2.46. The van der Waals surface area contributed by atoms with Crippen molar-refractivity contribution in [3.05, 3.63) is 381 Å². The average Bonchev–Trinajstić information content (AvgIpc) is 1.68. The highest BCUT2D eigenvalue weighted by molar-refractivity contribution is 7.00. The van der Waals surface area contributed by atoms with Crippen molar-refractivity contribution in [3.8, 4) is 78.1 Å². The van der Waals surface area contributed by atoms with Crippen LogP contribution in [0.15, 0.2) is 385 Å². The van der Waals surface area contributed by atoms with Crippen LogP contribution >= 0.6 is 0 Å². The second-order valence-corrected chi connectivity index (χ2v) is 30.2. The first-order valence-corrected chi connectivity index (χ1v) is 37.8. The van der Waals surface area contributed by atoms with E-state index in [2.05, 4.69) is 164 Å². The number of rotatable bonds is 10. The molecule has 0 N–H and O–H groups in total. The zero-order valence-electron chi connectivity index (χ0n) is 77.2. The van der Waals surface area contributed by atoms with Crippen LogP contribution in [-0.2, 0) is 5.41 Å². The van der Waals surface area contributed by atoms with E-state index in [-0.39, 0.29) is 55.0 Å². The molecule has 0 amide bonds. The van der Waals surface area contributed by atoms with E-state index in [4.69, 9.17) is 8.83 Å². The van der Waals surface area contributed by atoms with Crippen molar-refractivity contribution >= 4 is 145 Å². The van der Waals surface area contributed by atoms with Gasteiger partial charge >= 0.3 is 0 Å². The fourth-order valence-electron chi connectivity index (χ4n) is 17.9. The molecule has 0 aliphatic carbocycles. The lowest BCUT2D eigenvalue weighted by atomic mass is 9.33. The molecule has 0 atom stereocenters. The number of nitrogens with zero attached hydrogens (tertiary/aromatic N) is 4. The zero-order valence-corrected chi connectivity index (χ0v) is 61.2. The molecule has 6 nitrogen and oxygen atoms in total. The number of aromatic nitrogens is 2. The summed E-state index contributed by atoms with van der Waals surface area (Å²) in [7, 11) is 0. The topological polar surface area (TPSA) is 42.6 Å². The monoisotopic (exact) mass is 1460 g/mol. The molecule has 6 heterocycles. The summed E-state index contributed by atoms with van der Waals surface area (Å²) in [4.78, 5) is 4.64. The van der Waals surface area contributed by atoms with Crippen molar-refractivity contribution in [2.45, 2.75) is 26.2 Å². The maximum Gasteiger partial charge on any atom is 0.252 e. The van der Waals surface area contributed by atoms with Gasteiger partial charge in [-0.05, 0) is 158 Å². The molecule has 21 aromatic rings. The van der Waals surface area contributed by atoms with Gasteiger partial charge in [0, 0.05) is 111 Å². The van der Waals surface area contributed by atoms with Crippen LogP contribution in [0.4, 0.5) is 34.1 Å². The molecule has 2 aliphatic heterocycles. The van der Waals surface area contributed by atoms with E-state index in [0.29, 0.717) is 67.4 Å². The first-order chi connectivity index (χ1) is 62.4. The molecule has 2 aliphatic rings. The van der Waals surface area contributed by atoms with Gasteiger partial charge in [-0.2, -0.15) is 0 Å². The summed E-state index contributed by atoms with van der Waals surface area (Å²) in [6.07, 6.45) is 0. The van der Waals surface area contributed by atoms with Gasteiger partial charge in [-0.1, -0.05) is 300 Å². The fourth-order valence-corrected chi connectivity index (χ4v) is 17.9. The number of fused-ring (bicyclic) bond motifs is 16. The third-order valence-corrected chi connectivity index (χ3v) is 22.9. The van der Waals surface area contributed by atoms with Crippen LogP contribution in [0.1, 0.15) is 48.3 Å². The molecule has 113 heavy (non-hydrogen) atoms. The summed E-state index contributed by atoms with van der Waals surface area (Å²) >= 11 is 0. The van der Waals surface area contributed by atoms with E-state index in [0.717, 1.165) is 99.3 Å². The molecular formula is C106H71BN4O2. The van der Waals surface area contributed by atoms with E-state index in [1.807, 2.05) is 146 Å². The number of benzene rings is 17. The van der Waals surface area contributed by atoms with Crippen LogP contribution in [0.25, 0.3) is 166 Å². The minimum Gasteiger partial charge on any atom is -0.455 e. The number of para-hydroxylation sites is 8. The smallest absolute Gasteiger partial charge is 0.252 e. The highest BCUT2D eigenvalue weighted by Gasteiger charge is 2.47. The first-order valence-electron chi connectivity index (χ1n) is 45.8. The van der Waals surface area contributed by atoms with E-state index in [1.165, 1.54) is 0 Å². The minimum atomic E-state index is -0.859. The van der Waals surface area contributed by atoms with Gasteiger partial charge < -0.3 is 27.8 Å². The van der Waals surface area contributed by atoms with Gasteiger partial charge in [0.25, 0.3) is 6.71 Å². The second-order valence-electron chi connectivity index (χ2n) is 30.2. The van der Waals surface area contributed by atoms with Gasteiger partial charge in [0.1, 0.15) is 22.3 Å². The van der Waals surface area contributed by atoms with Crippen molar-refractivity contribution in [2.24, 2.45) is 0 Å². The largest absolute Gasteiger partial charge is 0.455 e. The Morgan fingerprint density at radius 3 is 1.02 bits per heavy atom. The third kappa shape index (κ3) is 9.94. The molecule has 0 unspecified atom stereocenters. The van der Waals surface area contributed by atoms with E-state index in [9.17, 15) is 21.9 Å². The van der Waals surface area contributed by atoms with Gasteiger partial charge in [-0.15, -0.1) is 0 Å². The van der Waals surface area contributed by atoms with Crippen molar-refractivity contribution in [1.29, 1.82) is 0 Å². The molecule has 0 radical (unpaired) electrons. The lowest BCUT2D eigenvalue weighted by Crippen LogP contribution is -2.61. The number of anilines is 6. The van der Waals surface area contributed by atoms with Crippen molar-refractivity contribution < 1.29 is 30.8 Å². The van der Waals surface area contributed by atoms with Crippen LogP contribution in [0.5, 0.6) is 0 Å². The molecule has 4 aromatic heterocycles. The van der Waals surface area contributed by atoms with Gasteiger partial charge in [-0.3, -0.25) is 0 Å². The normalized spacial score (nSPS) is 14.7. The van der Waals surface area contributed by atoms with Crippen molar-refractivity contribution in [1.82, 2.24) is 9.13 Å². The number of hydrogen-bond acceptors (Lipinski definition) is 4. The first kappa shape index (κ1) is 50.3. The maximum atomic E-state index is 10.0. The van der Waals surface area contributed by atoms with Gasteiger partial charge in [0.05, 0.1) is 55.4 Å². The molecule has 17 aromatic carbocycles. The van der Waals surface area contributed by atoms with E-state index < -0.39 is 109 Å². The van der Waals surface area contributed by atoms with Crippen LogP contribution in [0.3, 0.4) is 0 Å². The zero-order chi connectivity index (χ0) is 88.7. The number of hydrogen-bond donors (Lipinski definition) is 0. The number of furan rings is 2. The molecule has 0 spiro atoms. The third-order valence-electron chi connectivity index (χ3n) is 22.9. The average molecular weight is 1460 g/mol. The predicted molar refractivity (Wildman–Crippen MR) is 475 cm³/mol. The summed E-state index contributed by atoms with van der Waals surface area (Å²) in [6, 6.07) is 85.8. The van der Waals surface area contributed by atoms with Crippen LogP contribution < -0.4 is 26.2 Å². The van der Waals surface area contributed by atoms with Gasteiger partial charge in [-0.25, -0.2) is 0 Å². The molecule has 530 valence electrons. The second kappa shape index (κ2) is 25.1. The van der Waals surface area contributed by atoms with E-state index in [1.54, 1.807) is 9.13 Å². The Hall–Kier alpha value is -14.4. The summed E-state index contributed by atoms with van der Waals surface area (Å²) in [5.41, 5.74) is 18.5. The Kier molecular flexibility index (Phi) is 11.2. The Morgan fingerprint density at radius 1 is 0.283 bits per heavy atom. The highest BCUT2D eigenvalue weighted by atomic mass is 16.3. The maximum absolute atomic E-state index is 10.0. The minimum absolute atomic E-state index is 0.0786. The highest BCUT2D eigenvalue weighted by Crippen LogP contribution is 2.57. The summed E-state index contributed by atoms with van der Waals surface area (Å²) in [5.74, 6) is 0. The molecule has 0 saturated heterocycles. The summed E-state index contributed by atoms with van der Waals surface area (Å²) in [6.45, 7) is 5.65. The van der Waals surface area contributed by atoms with Crippen molar-refractivity contribution in [3.63, 3.8) is 0 Å². The molecular weight excluding hydrogens is 1370 g/mol. The van der Waals surface area contributed by atoms with Gasteiger partial charge in [0.2, 0.25) is 0 Å². The van der Waals surface area contributed by atoms with Crippen LogP contribution in [0, 0.1) is 0 Å². The Balaban J connectivity index is 0.944. The summed E-state index contributed by atoms with van der Waals surface area (Å²) in [5, 5.41) is 3.15. The van der Waals surface area contributed by atoms with Crippen molar-refractivity contribution in [2.75, 3.05) is 9.80 Å². The Morgan fingerprint density at radius 2 is 0.628 bits per heavy atom. The van der Waals surface area contributed by atoms with E-state index >= 15 is 0 Å². The fraction of sp³-hybridized carbons (Fsp3) is 0.0377. The molecule has 0 fully saturated rings. The predicted octanol–water partition coefficient (Wildman–Crippen LogP) is 27.1. The quantitative estimate of drug-likeness (QED) is 0.128. The SMILES string of the molecule is [2H]c1c([2H])c([2H])c2c(c1[2H])c1c([2H])c([2H])c([2H])c([2H])c1n2-c1ccc2c(c1)N(c1c(-c3ccccc3)cc(-c3ccccc3)cc1-c1cccc3c1oc1ccccc13)c1cc(C(C)(C)C)cc3c1B2c1ccc(-n2c4c([2H])c([2H])c([2H])c([2H])c4c4c([2H])c([2H])c([2H])c([2H])c42)cc1N3c1c(-c2ccccc2)cc(-c2ccccc2)cc1-c1cccc2c1oc1ccccc12. The summed E-state index contributed by atoms with van der Waals surface area (Å²) < 4.78 is 171.